The highest BCUT2D eigenvalue weighted by atomic mass is 32.2. The first-order valence-electron chi connectivity index (χ1n) is 8.11. The van der Waals surface area contributed by atoms with E-state index in [0.29, 0.717) is 33.9 Å². The zero-order chi connectivity index (χ0) is 19.4. The molecule has 2 aromatic carbocycles. The van der Waals surface area contributed by atoms with Crippen molar-refractivity contribution in [3.63, 3.8) is 0 Å². The Balaban J connectivity index is 1.84. The third kappa shape index (κ3) is 4.16. The lowest BCUT2D eigenvalue weighted by atomic mass is 10.2. The van der Waals surface area contributed by atoms with E-state index in [0.717, 1.165) is 5.56 Å². The molecule has 1 heterocycles. The van der Waals surface area contributed by atoms with Crippen LogP contribution < -0.4 is 14.2 Å². The summed E-state index contributed by atoms with van der Waals surface area (Å²) in [7, 11) is 4.62. The molecule has 0 aliphatic heterocycles. The van der Waals surface area contributed by atoms with E-state index in [4.69, 9.17) is 18.6 Å². The second-order valence-electron chi connectivity index (χ2n) is 5.60. The van der Waals surface area contributed by atoms with Crippen molar-refractivity contribution in [1.29, 1.82) is 0 Å². The maximum Gasteiger partial charge on any atom is 0.277 e. The Morgan fingerprint density at radius 2 is 1.59 bits per heavy atom. The van der Waals surface area contributed by atoms with Crippen molar-refractivity contribution in [3.05, 3.63) is 47.8 Å². The Labute approximate surface area is 160 Å². The lowest BCUT2D eigenvalue weighted by molar-refractivity contribution is 0.324. The Morgan fingerprint density at radius 1 is 0.963 bits per heavy atom. The second kappa shape index (κ2) is 8.30. The summed E-state index contributed by atoms with van der Waals surface area (Å²) in [6.07, 6.45) is 0. The molecule has 0 fully saturated rings. The van der Waals surface area contributed by atoms with Crippen molar-refractivity contribution in [2.75, 3.05) is 21.3 Å². The van der Waals surface area contributed by atoms with Gasteiger partial charge in [0.2, 0.25) is 11.6 Å². The van der Waals surface area contributed by atoms with Crippen molar-refractivity contribution in [2.24, 2.45) is 0 Å². The van der Waals surface area contributed by atoms with E-state index in [2.05, 4.69) is 10.2 Å². The molecule has 0 N–H and O–H groups in total. The van der Waals surface area contributed by atoms with E-state index in [1.54, 1.807) is 45.6 Å². The Hall–Kier alpha value is -2.74. The van der Waals surface area contributed by atoms with Crippen molar-refractivity contribution in [1.82, 2.24) is 10.2 Å². The van der Waals surface area contributed by atoms with E-state index >= 15 is 0 Å². The monoisotopic (exact) mass is 390 g/mol. The van der Waals surface area contributed by atoms with Gasteiger partial charge in [0.1, 0.15) is 5.82 Å². The summed E-state index contributed by atoms with van der Waals surface area (Å²) in [5, 5.41) is 8.63. The van der Waals surface area contributed by atoms with Gasteiger partial charge in [0.25, 0.3) is 5.22 Å². The van der Waals surface area contributed by atoms with E-state index in [1.807, 2.05) is 6.92 Å². The molecule has 0 aliphatic carbocycles. The largest absolute Gasteiger partial charge is 0.493 e. The molecule has 0 saturated carbocycles. The summed E-state index contributed by atoms with van der Waals surface area (Å²) >= 11 is 1.40. The van der Waals surface area contributed by atoms with Gasteiger partial charge < -0.3 is 18.6 Å². The van der Waals surface area contributed by atoms with Crippen LogP contribution in [0.1, 0.15) is 17.7 Å². The molecule has 6 nitrogen and oxygen atoms in total. The number of methoxy groups -OCH3 is 3. The van der Waals surface area contributed by atoms with E-state index < -0.39 is 0 Å². The Morgan fingerprint density at radius 3 is 2.15 bits per heavy atom. The molecule has 0 unspecified atom stereocenters. The Bertz CT molecular complexity index is 889. The summed E-state index contributed by atoms with van der Waals surface area (Å²) in [6.45, 7) is 1.99. The van der Waals surface area contributed by atoms with Gasteiger partial charge in [0.05, 0.1) is 21.3 Å². The number of ether oxygens (including phenoxy) is 3. The van der Waals surface area contributed by atoms with Gasteiger partial charge in [-0.25, -0.2) is 4.39 Å². The highest BCUT2D eigenvalue weighted by Crippen LogP contribution is 2.42. The molecule has 1 aromatic heterocycles. The Kier molecular flexibility index (Phi) is 5.85. The molecule has 0 bridgehead atoms. The van der Waals surface area contributed by atoms with Crippen LogP contribution in [0.4, 0.5) is 4.39 Å². The minimum atomic E-state index is -0.265. The number of benzene rings is 2. The molecule has 0 radical (unpaired) electrons. The number of aromatic nitrogens is 2. The molecule has 0 saturated heterocycles. The maximum absolute atomic E-state index is 13.1. The fourth-order valence-corrected chi connectivity index (χ4v) is 3.34. The molecule has 3 aromatic rings. The zero-order valence-corrected chi connectivity index (χ0v) is 16.2. The van der Waals surface area contributed by atoms with Crippen LogP contribution in [0.5, 0.6) is 17.2 Å². The number of hydrogen-bond donors (Lipinski definition) is 0. The van der Waals surface area contributed by atoms with Gasteiger partial charge in [-0.15, -0.1) is 10.2 Å². The van der Waals surface area contributed by atoms with Gasteiger partial charge in [0.15, 0.2) is 11.5 Å². The first kappa shape index (κ1) is 19.0. The third-order valence-corrected chi connectivity index (χ3v) is 4.93. The molecule has 1 atom stereocenters. The fraction of sp³-hybridized carbons (Fsp3) is 0.263. The molecule has 0 aliphatic rings. The number of halogens is 1. The molecule has 0 amide bonds. The highest BCUT2D eigenvalue weighted by Gasteiger charge is 2.19. The fourth-order valence-electron chi connectivity index (χ4n) is 2.53. The van der Waals surface area contributed by atoms with Gasteiger partial charge in [-0.3, -0.25) is 0 Å². The molecular weight excluding hydrogens is 371 g/mol. The minimum absolute atomic E-state index is 0.0267. The normalized spacial score (nSPS) is 11.9. The minimum Gasteiger partial charge on any atom is -0.493 e. The number of rotatable bonds is 7. The number of nitrogens with zero attached hydrogens (tertiary/aromatic N) is 2. The van der Waals surface area contributed by atoms with Crippen LogP contribution in [0, 0.1) is 5.82 Å². The number of thioether (sulfide) groups is 1. The topological polar surface area (TPSA) is 66.6 Å². The van der Waals surface area contributed by atoms with Gasteiger partial charge in [-0.2, -0.15) is 0 Å². The number of hydrogen-bond acceptors (Lipinski definition) is 7. The van der Waals surface area contributed by atoms with Crippen molar-refractivity contribution < 1.29 is 23.0 Å². The summed E-state index contributed by atoms with van der Waals surface area (Å²) in [5.41, 5.74) is 1.62. The van der Waals surface area contributed by atoms with Crippen molar-refractivity contribution >= 4 is 11.8 Å². The molecule has 0 spiro atoms. The van der Waals surface area contributed by atoms with E-state index in [1.165, 1.54) is 23.9 Å². The molecule has 3 rings (SSSR count). The zero-order valence-electron chi connectivity index (χ0n) is 15.4. The third-order valence-electron chi connectivity index (χ3n) is 3.94. The van der Waals surface area contributed by atoms with Crippen molar-refractivity contribution in [3.8, 4) is 28.7 Å². The van der Waals surface area contributed by atoms with Crippen LogP contribution in [0.25, 0.3) is 11.5 Å². The summed E-state index contributed by atoms with van der Waals surface area (Å²) in [4.78, 5) is 0. The molecule has 142 valence electrons. The lowest BCUT2D eigenvalue weighted by Gasteiger charge is -2.12. The summed E-state index contributed by atoms with van der Waals surface area (Å²) in [5.74, 6) is 1.56. The van der Waals surface area contributed by atoms with Crippen LogP contribution in [-0.2, 0) is 0 Å². The standard InChI is InChI=1S/C19H19FN2O4S/c1-11(12-5-7-14(20)8-6-12)27-19-22-21-18(26-19)13-9-15(23-2)17(25-4)16(10-13)24-3/h5-11H,1-4H3/t11-/m1/s1. The first-order chi connectivity index (χ1) is 13.0. The van der Waals surface area contributed by atoms with Crippen molar-refractivity contribution in [2.45, 2.75) is 17.4 Å². The predicted molar refractivity (Wildman–Crippen MR) is 100 cm³/mol. The summed E-state index contributed by atoms with van der Waals surface area (Å²) < 4.78 is 34.9. The first-order valence-corrected chi connectivity index (χ1v) is 8.99. The molecular formula is C19H19FN2O4S. The van der Waals surface area contributed by atoms with Gasteiger partial charge in [0, 0.05) is 10.8 Å². The maximum atomic E-state index is 13.1. The molecule has 8 heteroatoms. The van der Waals surface area contributed by atoms with Gasteiger partial charge in [-0.05, 0) is 36.8 Å². The van der Waals surface area contributed by atoms with Crippen LogP contribution in [0.15, 0.2) is 46.0 Å². The molecule has 27 heavy (non-hydrogen) atoms. The van der Waals surface area contributed by atoms with Crippen LogP contribution >= 0.6 is 11.8 Å². The van der Waals surface area contributed by atoms with E-state index in [-0.39, 0.29) is 11.1 Å². The average Bonchev–Trinajstić information content (AvgIpc) is 3.15. The quantitative estimate of drug-likeness (QED) is 0.539. The lowest BCUT2D eigenvalue weighted by Crippen LogP contribution is -1.95. The van der Waals surface area contributed by atoms with Crippen LogP contribution in [0.3, 0.4) is 0 Å². The predicted octanol–water partition coefficient (Wildman–Crippen LogP) is 4.75. The smallest absolute Gasteiger partial charge is 0.277 e. The van der Waals surface area contributed by atoms with Crippen LogP contribution in [0.2, 0.25) is 0 Å². The second-order valence-corrected chi connectivity index (χ2v) is 6.89. The average molecular weight is 390 g/mol. The van der Waals surface area contributed by atoms with Gasteiger partial charge in [-0.1, -0.05) is 23.9 Å². The summed E-state index contributed by atoms with van der Waals surface area (Å²) in [6, 6.07) is 9.83. The highest BCUT2D eigenvalue weighted by molar-refractivity contribution is 7.99. The SMILES string of the molecule is COc1cc(-c2nnc(S[C@H](C)c3ccc(F)cc3)o2)cc(OC)c1OC. The van der Waals surface area contributed by atoms with E-state index in [9.17, 15) is 4.39 Å². The van der Waals surface area contributed by atoms with Gasteiger partial charge >= 0.3 is 0 Å². The van der Waals surface area contributed by atoms with Crippen LogP contribution in [-0.4, -0.2) is 31.5 Å².